The van der Waals surface area contributed by atoms with Gasteiger partial charge in [0, 0.05) is 12.1 Å². The van der Waals surface area contributed by atoms with Crippen molar-refractivity contribution < 1.29 is 27.8 Å². The molecular formula is C17H24F3N3O3. The molecule has 1 aromatic rings. The van der Waals surface area contributed by atoms with Crippen LogP contribution in [-0.4, -0.2) is 45.4 Å². The van der Waals surface area contributed by atoms with Crippen molar-refractivity contribution in [1.29, 1.82) is 0 Å². The van der Waals surface area contributed by atoms with Gasteiger partial charge in [-0.2, -0.15) is 13.2 Å². The molecule has 3 rings (SSSR count). The summed E-state index contributed by atoms with van der Waals surface area (Å²) in [5.41, 5.74) is 1.07. The number of hydrogen-bond acceptors (Lipinski definition) is 5. The van der Waals surface area contributed by atoms with E-state index in [0.29, 0.717) is 24.1 Å². The normalized spacial score (nSPS) is 24.5. The molecule has 0 amide bonds. The van der Waals surface area contributed by atoms with Gasteiger partial charge in [0.1, 0.15) is 6.10 Å². The fourth-order valence-electron chi connectivity index (χ4n) is 3.16. The van der Waals surface area contributed by atoms with Crippen molar-refractivity contribution in [1.82, 2.24) is 15.3 Å². The number of carboxylic acid groups (broad SMARTS) is 1. The molecule has 0 radical (unpaired) electrons. The van der Waals surface area contributed by atoms with Gasteiger partial charge in [0.15, 0.2) is 0 Å². The molecule has 2 bridgehead atoms. The van der Waals surface area contributed by atoms with Crippen molar-refractivity contribution in [2.75, 3.05) is 0 Å². The van der Waals surface area contributed by atoms with Gasteiger partial charge in [0.05, 0.1) is 18.1 Å². The Bertz CT molecular complexity index is 569. The van der Waals surface area contributed by atoms with Gasteiger partial charge in [-0.15, -0.1) is 0 Å². The molecule has 1 aromatic heterocycles. The average Bonchev–Trinajstić information content (AvgIpc) is 2.92. The lowest BCUT2D eigenvalue weighted by Crippen LogP contribution is -2.42. The van der Waals surface area contributed by atoms with Gasteiger partial charge in [-0.1, -0.05) is 13.3 Å². The van der Waals surface area contributed by atoms with Gasteiger partial charge in [-0.25, -0.2) is 9.78 Å². The van der Waals surface area contributed by atoms with Gasteiger partial charge in [-0.05, 0) is 38.5 Å². The van der Waals surface area contributed by atoms with Crippen LogP contribution in [0.3, 0.4) is 0 Å². The Morgan fingerprint density at radius 2 is 1.88 bits per heavy atom. The second-order valence-corrected chi connectivity index (χ2v) is 6.60. The Labute approximate surface area is 150 Å². The summed E-state index contributed by atoms with van der Waals surface area (Å²) in [4.78, 5) is 17.7. The molecule has 2 aliphatic heterocycles. The summed E-state index contributed by atoms with van der Waals surface area (Å²) in [5, 5.41) is 10.7. The minimum absolute atomic E-state index is 0.314. The van der Waals surface area contributed by atoms with Gasteiger partial charge >= 0.3 is 12.1 Å². The average molecular weight is 375 g/mol. The summed E-state index contributed by atoms with van der Waals surface area (Å²) in [5.74, 6) is -2.07. The number of carbonyl (C=O) groups is 1. The summed E-state index contributed by atoms with van der Waals surface area (Å²) >= 11 is 0. The van der Waals surface area contributed by atoms with Crippen LogP contribution in [0.4, 0.5) is 13.2 Å². The number of aryl methyl sites for hydroxylation is 1. The number of halogens is 3. The minimum atomic E-state index is -5.08. The fourth-order valence-corrected chi connectivity index (χ4v) is 3.16. The van der Waals surface area contributed by atoms with E-state index in [0.717, 1.165) is 25.0 Å². The number of carboxylic acids is 1. The summed E-state index contributed by atoms with van der Waals surface area (Å²) in [7, 11) is 0. The van der Waals surface area contributed by atoms with E-state index >= 15 is 0 Å². The first-order valence-corrected chi connectivity index (χ1v) is 8.81. The Hall–Kier alpha value is -1.90. The molecule has 3 heterocycles. The van der Waals surface area contributed by atoms with Gasteiger partial charge in [-0.3, -0.25) is 4.98 Å². The monoisotopic (exact) mass is 375 g/mol. The molecule has 2 fully saturated rings. The Kier molecular flexibility index (Phi) is 7.19. The van der Waals surface area contributed by atoms with E-state index < -0.39 is 12.1 Å². The van der Waals surface area contributed by atoms with E-state index in [4.69, 9.17) is 14.6 Å². The van der Waals surface area contributed by atoms with E-state index in [1.165, 1.54) is 25.7 Å². The van der Waals surface area contributed by atoms with Crippen LogP contribution in [0, 0.1) is 0 Å². The lowest BCUT2D eigenvalue weighted by molar-refractivity contribution is -0.192. The molecule has 0 saturated carbocycles. The van der Waals surface area contributed by atoms with Crippen molar-refractivity contribution in [3.05, 3.63) is 18.1 Å². The van der Waals surface area contributed by atoms with Crippen LogP contribution < -0.4 is 10.1 Å². The zero-order chi connectivity index (χ0) is 19.2. The molecule has 0 spiro atoms. The molecule has 1 unspecified atom stereocenters. The molecule has 6 nitrogen and oxygen atoms in total. The zero-order valence-corrected chi connectivity index (χ0v) is 14.6. The van der Waals surface area contributed by atoms with Crippen molar-refractivity contribution in [2.24, 2.45) is 0 Å². The number of alkyl halides is 3. The van der Waals surface area contributed by atoms with Crippen LogP contribution in [0.5, 0.6) is 5.88 Å². The van der Waals surface area contributed by atoms with Gasteiger partial charge < -0.3 is 15.2 Å². The summed E-state index contributed by atoms with van der Waals surface area (Å²) in [6.45, 7) is 2.19. The van der Waals surface area contributed by atoms with Gasteiger partial charge in [0.2, 0.25) is 5.88 Å². The molecule has 0 aliphatic carbocycles. The molecular weight excluding hydrogens is 351 g/mol. The smallest absolute Gasteiger partial charge is 0.475 e. The lowest BCUT2D eigenvalue weighted by atomic mass is 10.0. The number of nitrogens with one attached hydrogen (secondary N) is 1. The van der Waals surface area contributed by atoms with Crippen LogP contribution in [0.1, 0.15) is 51.1 Å². The Morgan fingerprint density at radius 3 is 2.35 bits per heavy atom. The maximum absolute atomic E-state index is 10.6. The third kappa shape index (κ3) is 6.44. The lowest BCUT2D eigenvalue weighted by Gasteiger charge is -2.28. The maximum atomic E-state index is 10.6. The van der Waals surface area contributed by atoms with Crippen molar-refractivity contribution >= 4 is 5.97 Å². The van der Waals surface area contributed by atoms with Gasteiger partial charge in [0.25, 0.3) is 0 Å². The topological polar surface area (TPSA) is 84.3 Å². The third-order valence-corrected chi connectivity index (χ3v) is 4.43. The number of aromatic nitrogens is 2. The Balaban J connectivity index is 0.000000298. The largest absolute Gasteiger partial charge is 0.490 e. The Morgan fingerprint density at radius 1 is 1.27 bits per heavy atom. The molecule has 26 heavy (non-hydrogen) atoms. The summed E-state index contributed by atoms with van der Waals surface area (Å²) in [6.07, 6.45) is 7.07. The standard InChI is InChI=1S/C15H23N3O.C2HF3O2/c1-2-3-4-13-9-17-15(10-16-13)19-14-7-11-5-6-12(8-14)18-11;3-2(4,5)1(6)7/h9-12,14,18H,2-8H2,1H3;(H,6,7)/t11-,12+,14?;. The van der Waals surface area contributed by atoms with E-state index in [1.54, 1.807) is 6.20 Å². The number of aliphatic carboxylic acids is 1. The maximum Gasteiger partial charge on any atom is 0.490 e. The van der Waals surface area contributed by atoms with Crippen molar-refractivity contribution in [2.45, 2.75) is 76.2 Å². The zero-order valence-electron chi connectivity index (χ0n) is 14.6. The van der Waals surface area contributed by atoms with Crippen LogP contribution in [-0.2, 0) is 11.2 Å². The van der Waals surface area contributed by atoms with E-state index in [9.17, 15) is 13.2 Å². The predicted molar refractivity (Wildman–Crippen MR) is 87.9 cm³/mol. The van der Waals surface area contributed by atoms with Crippen LogP contribution >= 0.6 is 0 Å². The third-order valence-electron chi connectivity index (χ3n) is 4.43. The first-order chi connectivity index (χ1) is 12.3. The first-order valence-electron chi connectivity index (χ1n) is 8.81. The first kappa shape index (κ1) is 20.4. The fraction of sp³-hybridized carbons (Fsp3) is 0.706. The SMILES string of the molecule is CCCCc1cnc(OC2C[C@H]3CC[C@@H](C2)N3)cn1.O=C(O)C(F)(F)F. The highest BCUT2D eigenvalue weighted by Gasteiger charge is 2.38. The number of rotatable bonds is 5. The van der Waals surface area contributed by atoms with Crippen LogP contribution in [0.2, 0.25) is 0 Å². The molecule has 3 atom stereocenters. The predicted octanol–water partition coefficient (Wildman–Crippen LogP) is 3.11. The molecule has 9 heteroatoms. The molecule has 2 aliphatic rings. The second-order valence-electron chi connectivity index (χ2n) is 6.60. The number of piperidine rings is 1. The molecule has 2 N–H and O–H groups in total. The number of hydrogen-bond donors (Lipinski definition) is 2. The molecule has 0 aromatic carbocycles. The minimum Gasteiger partial charge on any atom is -0.475 e. The number of nitrogens with zero attached hydrogens (tertiary/aromatic N) is 2. The summed E-state index contributed by atoms with van der Waals surface area (Å²) in [6, 6.07) is 1.31. The summed E-state index contributed by atoms with van der Waals surface area (Å²) < 4.78 is 37.7. The van der Waals surface area contributed by atoms with Crippen molar-refractivity contribution in [3.63, 3.8) is 0 Å². The van der Waals surface area contributed by atoms with E-state index in [-0.39, 0.29) is 0 Å². The van der Waals surface area contributed by atoms with Crippen LogP contribution in [0.15, 0.2) is 12.4 Å². The highest BCUT2D eigenvalue weighted by Crippen LogP contribution is 2.29. The highest BCUT2D eigenvalue weighted by molar-refractivity contribution is 5.73. The number of fused-ring (bicyclic) bond motifs is 2. The second kappa shape index (κ2) is 9.16. The highest BCUT2D eigenvalue weighted by atomic mass is 19.4. The quantitative estimate of drug-likeness (QED) is 0.823. The number of unbranched alkanes of at least 4 members (excludes halogenated alkanes) is 1. The number of ether oxygens (including phenoxy) is 1. The van der Waals surface area contributed by atoms with Crippen LogP contribution in [0.25, 0.3) is 0 Å². The van der Waals surface area contributed by atoms with E-state index in [1.807, 2.05) is 6.20 Å². The van der Waals surface area contributed by atoms with Crippen molar-refractivity contribution in [3.8, 4) is 5.88 Å². The van der Waals surface area contributed by atoms with E-state index in [2.05, 4.69) is 22.2 Å². The molecule has 146 valence electrons. The molecule has 2 saturated heterocycles.